The molecule has 6 nitrogen and oxygen atoms in total. The summed E-state index contributed by atoms with van der Waals surface area (Å²) in [7, 11) is 0. The summed E-state index contributed by atoms with van der Waals surface area (Å²) < 4.78 is 40.1. The van der Waals surface area contributed by atoms with E-state index in [0.717, 1.165) is 18.5 Å². The van der Waals surface area contributed by atoms with Gasteiger partial charge in [-0.2, -0.15) is 0 Å². The number of anilines is 3. The molecule has 2 aromatic carbocycles. The first kappa shape index (κ1) is 19.0. The summed E-state index contributed by atoms with van der Waals surface area (Å²) in [6.45, 7) is 1.43. The molecule has 1 aromatic heterocycles. The van der Waals surface area contributed by atoms with Crippen molar-refractivity contribution in [1.82, 2.24) is 9.97 Å². The molecule has 3 rings (SSSR count). The van der Waals surface area contributed by atoms with Crippen molar-refractivity contribution in [3.8, 4) is 0 Å². The van der Waals surface area contributed by atoms with E-state index in [9.17, 15) is 22.8 Å². The van der Waals surface area contributed by atoms with Gasteiger partial charge in [-0.1, -0.05) is 0 Å². The Labute approximate surface area is 157 Å². The number of benzene rings is 2. The predicted molar refractivity (Wildman–Crippen MR) is 96.0 cm³/mol. The van der Waals surface area contributed by atoms with Gasteiger partial charge in [-0.3, -0.25) is 9.59 Å². The summed E-state index contributed by atoms with van der Waals surface area (Å²) >= 11 is 0. The first-order valence-corrected chi connectivity index (χ1v) is 8.00. The van der Waals surface area contributed by atoms with Gasteiger partial charge in [-0.15, -0.1) is 0 Å². The van der Waals surface area contributed by atoms with Gasteiger partial charge in [0, 0.05) is 17.3 Å². The van der Waals surface area contributed by atoms with E-state index < -0.39 is 23.4 Å². The molecule has 0 fully saturated rings. The first-order chi connectivity index (χ1) is 13.3. The van der Waals surface area contributed by atoms with E-state index in [1.165, 1.54) is 13.0 Å². The summed E-state index contributed by atoms with van der Waals surface area (Å²) in [6.07, 6.45) is 1.06. The molecule has 0 unspecified atom stereocenters. The van der Waals surface area contributed by atoms with E-state index in [4.69, 9.17) is 0 Å². The summed E-state index contributed by atoms with van der Waals surface area (Å²) in [5.74, 6) is -5.01. The van der Waals surface area contributed by atoms with Crippen molar-refractivity contribution in [2.75, 3.05) is 10.6 Å². The number of carbonyl (C=O) groups excluding carboxylic acids is 2. The highest BCUT2D eigenvalue weighted by atomic mass is 19.2. The van der Waals surface area contributed by atoms with Gasteiger partial charge >= 0.3 is 0 Å². The molecule has 0 aliphatic rings. The lowest BCUT2D eigenvalue weighted by Crippen LogP contribution is -2.14. The zero-order valence-electron chi connectivity index (χ0n) is 14.5. The third-order valence-corrected chi connectivity index (χ3v) is 3.75. The summed E-state index contributed by atoms with van der Waals surface area (Å²) in [6, 6.07) is 9.25. The summed E-state index contributed by atoms with van der Waals surface area (Å²) in [5, 5.41) is 5.06. The first-order valence-electron chi connectivity index (χ1n) is 8.00. The molecule has 2 N–H and O–H groups in total. The summed E-state index contributed by atoms with van der Waals surface area (Å²) in [5.41, 5.74) is 0.551. The number of carbonyl (C=O) groups is 2. The van der Waals surface area contributed by atoms with Crippen LogP contribution in [-0.2, 0) is 0 Å². The minimum Gasteiger partial charge on any atom is -0.338 e. The lowest BCUT2D eigenvalue weighted by atomic mass is 10.1. The molecule has 1 heterocycles. The Bertz CT molecular complexity index is 1060. The molecule has 0 atom stereocenters. The Morgan fingerprint density at radius 2 is 1.64 bits per heavy atom. The van der Waals surface area contributed by atoms with Gasteiger partial charge in [0.1, 0.15) is 17.8 Å². The van der Waals surface area contributed by atoms with Crippen molar-refractivity contribution in [2.24, 2.45) is 0 Å². The van der Waals surface area contributed by atoms with Gasteiger partial charge in [0.2, 0.25) is 0 Å². The van der Waals surface area contributed by atoms with Gasteiger partial charge < -0.3 is 10.6 Å². The second kappa shape index (κ2) is 7.87. The highest BCUT2D eigenvalue weighted by Crippen LogP contribution is 2.23. The SMILES string of the molecule is CC(=O)c1ccc(NC(=O)c2cc(Nc3ccc(F)c(F)c3F)ncn2)cc1. The number of nitrogens with one attached hydrogen (secondary N) is 2. The molecule has 0 saturated carbocycles. The van der Waals surface area contributed by atoms with Gasteiger partial charge in [0.05, 0.1) is 5.69 Å². The second-order valence-electron chi connectivity index (χ2n) is 5.72. The van der Waals surface area contributed by atoms with Crippen LogP contribution in [0, 0.1) is 17.5 Å². The third-order valence-electron chi connectivity index (χ3n) is 3.75. The van der Waals surface area contributed by atoms with Crippen molar-refractivity contribution in [3.05, 3.63) is 77.5 Å². The smallest absolute Gasteiger partial charge is 0.274 e. The molecule has 3 aromatic rings. The van der Waals surface area contributed by atoms with Gasteiger partial charge in [-0.25, -0.2) is 23.1 Å². The number of amides is 1. The lowest BCUT2D eigenvalue weighted by molar-refractivity contribution is 0.101. The number of aromatic nitrogens is 2. The zero-order valence-corrected chi connectivity index (χ0v) is 14.5. The van der Waals surface area contributed by atoms with E-state index in [1.54, 1.807) is 24.3 Å². The Morgan fingerprint density at radius 1 is 0.929 bits per heavy atom. The Kier molecular flexibility index (Phi) is 5.35. The van der Waals surface area contributed by atoms with Crippen molar-refractivity contribution in [1.29, 1.82) is 0 Å². The fraction of sp³-hybridized carbons (Fsp3) is 0.0526. The Morgan fingerprint density at radius 3 is 2.32 bits per heavy atom. The molecular weight excluding hydrogens is 373 g/mol. The van der Waals surface area contributed by atoms with Gasteiger partial charge in [0.15, 0.2) is 23.2 Å². The lowest BCUT2D eigenvalue weighted by Gasteiger charge is -2.09. The third kappa shape index (κ3) is 4.14. The molecule has 0 aliphatic heterocycles. The Hall–Kier alpha value is -3.75. The fourth-order valence-electron chi connectivity index (χ4n) is 2.29. The largest absolute Gasteiger partial charge is 0.338 e. The molecule has 9 heteroatoms. The molecule has 28 heavy (non-hydrogen) atoms. The van der Waals surface area contributed by atoms with Crippen LogP contribution in [0.2, 0.25) is 0 Å². The molecule has 1 amide bonds. The highest BCUT2D eigenvalue weighted by molar-refractivity contribution is 6.03. The summed E-state index contributed by atoms with van der Waals surface area (Å²) in [4.78, 5) is 31.3. The normalized spacial score (nSPS) is 10.4. The molecule has 0 radical (unpaired) electrons. The van der Waals surface area contributed by atoms with Crippen molar-refractivity contribution >= 4 is 28.9 Å². The maximum atomic E-state index is 13.8. The zero-order chi connectivity index (χ0) is 20.3. The van der Waals surface area contributed by atoms with Crippen LogP contribution in [0.5, 0.6) is 0 Å². The van der Waals surface area contributed by atoms with E-state index in [0.29, 0.717) is 11.3 Å². The maximum Gasteiger partial charge on any atom is 0.274 e. The molecule has 0 saturated heterocycles. The minimum absolute atomic E-state index is 0.0111. The standard InChI is InChI=1S/C19H13F3N4O2/c1-10(27)11-2-4-12(5-3-11)25-19(28)15-8-16(24-9-23-15)26-14-7-6-13(20)17(21)18(14)22/h2-9H,1H3,(H,25,28)(H,23,24,26). The monoisotopic (exact) mass is 386 g/mol. The van der Waals surface area contributed by atoms with Crippen LogP contribution < -0.4 is 10.6 Å². The van der Waals surface area contributed by atoms with Crippen molar-refractivity contribution in [3.63, 3.8) is 0 Å². The van der Waals surface area contributed by atoms with Crippen LogP contribution in [0.3, 0.4) is 0 Å². The van der Waals surface area contributed by atoms with E-state index in [2.05, 4.69) is 20.6 Å². The van der Waals surface area contributed by atoms with Crippen LogP contribution >= 0.6 is 0 Å². The van der Waals surface area contributed by atoms with Crippen LogP contribution in [-0.4, -0.2) is 21.7 Å². The predicted octanol–water partition coefficient (Wildman–Crippen LogP) is 4.09. The van der Waals surface area contributed by atoms with Crippen LogP contribution in [0.15, 0.2) is 48.8 Å². The molecule has 142 valence electrons. The number of hydrogen-bond donors (Lipinski definition) is 2. The average molecular weight is 386 g/mol. The van der Waals surface area contributed by atoms with Crippen molar-refractivity contribution < 1.29 is 22.8 Å². The number of Topliss-reactive ketones (excluding diaryl/α,β-unsaturated/α-hetero) is 1. The molecule has 0 bridgehead atoms. The quantitative estimate of drug-likeness (QED) is 0.510. The topological polar surface area (TPSA) is 84.0 Å². The number of rotatable bonds is 5. The van der Waals surface area contributed by atoms with E-state index in [-0.39, 0.29) is 23.0 Å². The number of halogens is 3. The fourth-order valence-corrected chi connectivity index (χ4v) is 2.29. The average Bonchev–Trinajstić information content (AvgIpc) is 2.69. The van der Waals surface area contributed by atoms with E-state index in [1.807, 2.05) is 0 Å². The maximum absolute atomic E-state index is 13.8. The van der Waals surface area contributed by atoms with E-state index >= 15 is 0 Å². The molecule has 0 spiro atoms. The molecular formula is C19H13F3N4O2. The second-order valence-corrected chi connectivity index (χ2v) is 5.72. The van der Waals surface area contributed by atoms with Crippen molar-refractivity contribution in [2.45, 2.75) is 6.92 Å². The van der Waals surface area contributed by atoms with Crippen LogP contribution in [0.4, 0.5) is 30.4 Å². The minimum atomic E-state index is -1.62. The number of nitrogens with zero attached hydrogens (tertiary/aromatic N) is 2. The van der Waals surface area contributed by atoms with Crippen LogP contribution in [0.1, 0.15) is 27.8 Å². The highest BCUT2D eigenvalue weighted by Gasteiger charge is 2.15. The number of hydrogen-bond acceptors (Lipinski definition) is 5. The van der Waals surface area contributed by atoms with Gasteiger partial charge in [-0.05, 0) is 43.3 Å². The Balaban J connectivity index is 1.76. The van der Waals surface area contributed by atoms with Gasteiger partial charge in [0.25, 0.3) is 5.91 Å². The molecule has 0 aliphatic carbocycles. The van der Waals surface area contributed by atoms with Crippen LogP contribution in [0.25, 0.3) is 0 Å². The number of ketones is 1.